The topological polar surface area (TPSA) is 100 Å². The predicted molar refractivity (Wildman–Crippen MR) is 175 cm³/mol. The van der Waals surface area contributed by atoms with E-state index in [1.54, 1.807) is 81.7 Å². The number of likely N-dealkylation sites (N-methyl/N-ethyl adjacent to an activating group) is 2. The zero-order chi connectivity index (χ0) is 32.0. The van der Waals surface area contributed by atoms with Crippen LogP contribution in [0.4, 0.5) is 16.2 Å². The van der Waals surface area contributed by atoms with Gasteiger partial charge in [-0.1, -0.05) is 60.7 Å². The molecule has 5 rings (SSSR count). The summed E-state index contributed by atoms with van der Waals surface area (Å²) >= 11 is 0. The van der Waals surface area contributed by atoms with Gasteiger partial charge in [-0.05, 0) is 66.1 Å². The molecule has 232 valence electrons. The Balaban J connectivity index is 1.39. The van der Waals surface area contributed by atoms with Crippen molar-refractivity contribution in [3.63, 3.8) is 0 Å². The fourth-order valence-electron chi connectivity index (χ4n) is 5.61. The highest BCUT2D eigenvalue weighted by Gasteiger charge is 2.63. The summed E-state index contributed by atoms with van der Waals surface area (Å²) in [6, 6.07) is 32.0. The molecule has 0 aliphatic heterocycles. The van der Waals surface area contributed by atoms with Gasteiger partial charge in [0.2, 0.25) is 5.91 Å². The van der Waals surface area contributed by atoms with Crippen molar-refractivity contribution >= 4 is 29.2 Å². The van der Waals surface area contributed by atoms with E-state index in [4.69, 9.17) is 9.47 Å². The lowest BCUT2D eigenvalue weighted by Gasteiger charge is -2.28. The van der Waals surface area contributed by atoms with Crippen LogP contribution in [0.5, 0.6) is 11.5 Å². The number of nitrogens with one attached hydrogen (secondary N) is 2. The minimum Gasteiger partial charge on any atom is -0.497 e. The number of carbonyl (C=O) groups excluding carboxylic acids is 3. The number of hydrogen-bond acceptors (Lipinski definition) is 5. The van der Waals surface area contributed by atoms with Gasteiger partial charge >= 0.3 is 6.03 Å². The summed E-state index contributed by atoms with van der Waals surface area (Å²) in [5.41, 5.74) is 1.96. The summed E-state index contributed by atoms with van der Waals surface area (Å²) in [7, 11) is 6.53. The number of methoxy groups -OCH3 is 2. The Morgan fingerprint density at radius 2 is 1.27 bits per heavy atom. The summed E-state index contributed by atoms with van der Waals surface area (Å²) in [4.78, 5) is 44.8. The highest BCUT2D eigenvalue weighted by Crippen LogP contribution is 2.52. The second-order valence-electron chi connectivity index (χ2n) is 11.1. The molecular weight excluding hydrogens is 568 g/mol. The summed E-state index contributed by atoms with van der Waals surface area (Å²) in [6.45, 7) is 0. The molecule has 1 aliphatic carbocycles. The number of benzene rings is 4. The summed E-state index contributed by atoms with van der Waals surface area (Å²) in [6.07, 6.45) is 0.690. The molecule has 0 heterocycles. The quantitative estimate of drug-likeness (QED) is 0.246. The van der Waals surface area contributed by atoms with Crippen molar-refractivity contribution in [3.05, 3.63) is 120 Å². The zero-order valence-electron chi connectivity index (χ0n) is 25.9. The molecule has 9 nitrogen and oxygen atoms in total. The van der Waals surface area contributed by atoms with Crippen LogP contribution in [0.1, 0.15) is 23.5 Å². The highest BCUT2D eigenvalue weighted by atomic mass is 16.5. The van der Waals surface area contributed by atoms with Crippen LogP contribution in [0.25, 0.3) is 0 Å². The minimum absolute atomic E-state index is 0.233. The third kappa shape index (κ3) is 6.93. The van der Waals surface area contributed by atoms with Gasteiger partial charge in [0.1, 0.15) is 23.1 Å². The predicted octanol–water partition coefficient (Wildman–Crippen LogP) is 5.17. The van der Waals surface area contributed by atoms with Gasteiger partial charge in [-0.3, -0.25) is 9.59 Å². The van der Waals surface area contributed by atoms with Gasteiger partial charge in [-0.25, -0.2) is 4.79 Å². The summed E-state index contributed by atoms with van der Waals surface area (Å²) in [5, 5.41) is 5.90. The molecule has 1 fully saturated rings. The molecule has 0 radical (unpaired) electrons. The van der Waals surface area contributed by atoms with E-state index >= 15 is 0 Å². The van der Waals surface area contributed by atoms with E-state index in [1.807, 2.05) is 60.7 Å². The number of carbonyl (C=O) groups is 3. The lowest BCUT2D eigenvalue weighted by atomic mass is 10.0. The largest absolute Gasteiger partial charge is 0.497 e. The second-order valence-corrected chi connectivity index (χ2v) is 11.1. The van der Waals surface area contributed by atoms with E-state index in [9.17, 15) is 14.4 Å². The molecule has 4 aromatic rings. The maximum Gasteiger partial charge on any atom is 0.316 e. The fourth-order valence-corrected chi connectivity index (χ4v) is 5.61. The molecule has 1 unspecified atom stereocenters. The Morgan fingerprint density at radius 1 is 0.756 bits per heavy atom. The van der Waals surface area contributed by atoms with Gasteiger partial charge in [-0.2, -0.15) is 0 Å². The first kappa shape index (κ1) is 31.1. The van der Waals surface area contributed by atoms with Crippen molar-refractivity contribution < 1.29 is 23.9 Å². The van der Waals surface area contributed by atoms with Crippen LogP contribution < -0.4 is 29.9 Å². The Bertz CT molecular complexity index is 1610. The molecule has 0 spiro atoms. The maximum absolute atomic E-state index is 14.1. The van der Waals surface area contributed by atoms with Crippen molar-refractivity contribution in [3.8, 4) is 11.5 Å². The first-order valence-corrected chi connectivity index (χ1v) is 14.8. The van der Waals surface area contributed by atoms with Crippen molar-refractivity contribution in [2.24, 2.45) is 0 Å². The molecule has 1 saturated carbocycles. The van der Waals surface area contributed by atoms with Crippen molar-refractivity contribution in [2.45, 2.75) is 30.3 Å². The normalized spacial score (nSPS) is 17.4. The third-order valence-electron chi connectivity index (χ3n) is 8.32. The van der Waals surface area contributed by atoms with Crippen molar-refractivity contribution in [1.29, 1.82) is 0 Å². The van der Waals surface area contributed by atoms with Crippen LogP contribution >= 0.6 is 0 Å². The minimum atomic E-state index is -1.19. The first-order chi connectivity index (χ1) is 21.8. The molecule has 2 N–H and O–H groups in total. The van der Waals surface area contributed by atoms with Crippen LogP contribution in [-0.2, 0) is 16.0 Å². The van der Waals surface area contributed by atoms with Crippen LogP contribution in [0.3, 0.4) is 0 Å². The smallest absolute Gasteiger partial charge is 0.316 e. The molecule has 0 saturated heterocycles. The second kappa shape index (κ2) is 13.5. The number of hydrogen-bond donors (Lipinski definition) is 2. The first-order valence-electron chi connectivity index (χ1n) is 14.8. The lowest BCUT2D eigenvalue weighted by molar-refractivity contribution is -0.121. The Hall–Kier alpha value is -5.31. The number of rotatable bonds is 11. The van der Waals surface area contributed by atoms with E-state index in [0.29, 0.717) is 29.3 Å². The summed E-state index contributed by atoms with van der Waals surface area (Å²) in [5.74, 6) is 0.560. The fraction of sp³-hybridized carbons (Fsp3) is 0.250. The standard InChI is InChI=1S/C36H38N4O5/c1-39(27-15-19-29(44-3)20-16-27)33(41)32(23-25-11-7-5-8-12-25)37-35(43)38-36(24-31(36)26-13-9-6-10-14-26)34(42)40(2)28-17-21-30(45-4)22-18-28/h5-22,31-32H,23-24H2,1-4H3,(H2,37,38,43)/t31-,32+,36?/m1/s1. The van der Waals surface area contributed by atoms with E-state index in [0.717, 1.165) is 11.1 Å². The third-order valence-corrected chi connectivity index (χ3v) is 8.32. The average molecular weight is 607 g/mol. The number of ether oxygens (including phenoxy) is 2. The molecule has 0 bridgehead atoms. The van der Waals surface area contributed by atoms with E-state index in [2.05, 4.69) is 10.6 Å². The maximum atomic E-state index is 14.1. The van der Waals surface area contributed by atoms with E-state index < -0.39 is 17.6 Å². The van der Waals surface area contributed by atoms with Gasteiger partial charge in [-0.15, -0.1) is 0 Å². The molecule has 45 heavy (non-hydrogen) atoms. The van der Waals surface area contributed by atoms with Crippen molar-refractivity contribution in [2.75, 3.05) is 38.1 Å². The number of urea groups is 1. The number of anilines is 2. The van der Waals surface area contributed by atoms with Crippen LogP contribution in [0, 0.1) is 0 Å². The van der Waals surface area contributed by atoms with Crippen molar-refractivity contribution in [1.82, 2.24) is 10.6 Å². The SMILES string of the molecule is COc1ccc(N(C)C(=O)[C@H](Cc2ccccc2)NC(=O)NC2(C(=O)N(C)c3ccc(OC)cc3)C[C@@H]2c2ccccc2)cc1. The molecule has 9 heteroatoms. The Labute approximate surface area is 263 Å². The average Bonchev–Trinajstić information content (AvgIpc) is 3.82. The zero-order valence-corrected chi connectivity index (χ0v) is 25.9. The van der Waals surface area contributed by atoms with E-state index in [-0.39, 0.29) is 24.2 Å². The van der Waals surface area contributed by atoms with Crippen LogP contribution in [0.2, 0.25) is 0 Å². The van der Waals surface area contributed by atoms with E-state index in [1.165, 1.54) is 4.90 Å². The molecule has 4 amide bonds. The molecular formula is C36H38N4O5. The summed E-state index contributed by atoms with van der Waals surface area (Å²) < 4.78 is 10.5. The Morgan fingerprint density at radius 3 is 1.80 bits per heavy atom. The highest BCUT2D eigenvalue weighted by molar-refractivity contribution is 6.06. The number of amides is 4. The molecule has 0 aromatic heterocycles. The number of nitrogens with zero attached hydrogens (tertiary/aromatic N) is 2. The van der Waals surface area contributed by atoms with Gasteiger partial charge in [0, 0.05) is 37.8 Å². The van der Waals surface area contributed by atoms with Gasteiger partial charge in [0.15, 0.2) is 0 Å². The molecule has 1 aliphatic rings. The van der Waals surface area contributed by atoms with Crippen LogP contribution in [-0.4, -0.2) is 57.7 Å². The van der Waals surface area contributed by atoms with Gasteiger partial charge < -0.3 is 29.9 Å². The lowest BCUT2D eigenvalue weighted by Crippen LogP contribution is -2.57. The monoisotopic (exact) mass is 606 g/mol. The van der Waals surface area contributed by atoms with Gasteiger partial charge in [0.25, 0.3) is 5.91 Å². The Kier molecular flexibility index (Phi) is 9.37. The van der Waals surface area contributed by atoms with Crippen LogP contribution in [0.15, 0.2) is 109 Å². The van der Waals surface area contributed by atoms with Gasteiger partial charge in [0.05, 0.1) is 14.2 Å². The molecule has 3 atom stereocenters. The molecule has 4 aromatic carbocycles.